The van der Waals surface area contributed by atoms with Crippen LogP contribution in [0.5, 0.6) is 5.75 Å². The summed E-state index contributed by atoms with van der Waals surface area (Å²) >= 11 is 0. The van der Waals surface area contributed by atoms with Crippen molar-refractivity contribution < 1.29 is 23.8 Å². The summed E-state index contributed by atoms with van der Waals surface area (Å²) in [5, 5.41) is 13.2. The Kier molecular flexibility index (Phi) is 3.50. The third-order valence-electron chi connectivity index (χ3n) is 2.89. The van der Waals surface area contributed by atoms with E-state index in [0.29, 0.717) is 0 Å². The number of ether oxygens (including phenoxy) is 1. The first-order chi connectivity index (χ1) is 9.02. The lowest BCUT2D eigenvalue weighted by atomic mass is 9.98. The molecule has 0 aliphatic carbocycles. The highest BCUT2D eigenvalue weighted by Gasteiger charge is 2.39. The summed E-state index contributed by atoms with van der Waals surface area (Å²) in [6.07, 6.45) is -0.0278. The first-order valence-corrected chi connectivity index (χ1v) is 5.49. The average molecular weight is 269 g/mol. The minimum absolute atomic E-state index is 0.0258. The monoisotopic (exact) mass is 269 g/mol. The summed E-state index contributed by atoms with van der Waals surface area (Å²) < 4.78 is 18.7. The Labute approximate surface area is 107 Å². The zero-order chi connectivity index (χ0) is 14.0. The van der Waals surface area contributed by atoms with Crippen LogP contribution in [0.2, 0.25) is 0 Å². The molecule has 2 rings (SSSR count). The van der Waals surface area contributed by atoms with Gasteiger partial charge in [-0.2, -0.15) is 0 Å². The van der Waals surface area contributed by atoms with Gasteiger partial charge in [-0.3, -0.25) is 9.78 Å². The van der Waals surface area contributed by atoms with E-state index in [2.05, 4.69) is 15.6 Å². The fourth-order valence-electron chi connectivity index (χ4n) is 1.99. The maximum absolute atomic E-state index is 13.9. The molecule has 0 unspecified atom stereocenters. The van der Waals surface area contributed by atoms with E-state index < -0.39 is 29.8 Å². The van der Waals surface area contributed by atoms with Gasteiger partial charge in [-0.1, -0.05) is 0 Å². The summed E-state index contributed by atoms with van der Waals surface area (Å²) in [6, 6.07) is 0.0936. The van der Waals surface area contributed by atoms with Gasteiger partial charge in [0, 0.05) is 12.6 Å². The second kappa shape index (κ2) is 5.09. The highest BCUT2D eigenvalue weighted by atomic mass is 19.1. The van der Waals surface area contributed by atoms with Crippen molar-refractivity contribution in [2.75, 3.05) is 13.7 Å². The Morgan fingerprint density at radius 3 is 3.00 bits per heavy atom. The fraction of sp³-hybridized carbons (Fsp3) is 0.364. The van der Waals surface area contributed by atoms with Gasteiger partial charge >= 0.3 is 6.09 Å². The maximum atomic E-state index is 13.9. The van der Waals surface area contributed by atoms with E-state index in [1.54, 1.807) is 0 Å². The lowest BCUT2D eigenvalue weighted by molar-refractivity contribution is -0.120. The Bertz CT molecular complexity index is 523. The molecule has 1 aromatic rings. The highest BCUT2D eigenvalue weighted by molar-refractivity contribution is 5.88. The third kappa shape index (κ3) is 2.56. The molecule has 0 aromatic carbocycles. The summed E-state index contributed by atoms with van der Waals surface area (Å²) in [6.45, 7) is 0.125. The third-order valence-corrected chi connectivity index (χ3v) is 2.89. The number of carbonyl (C=O) groups excluding carboxylic acids is 1. The molecular formula is C11H12FN3O4. The summed E-state index contributed by atoms with van der Waals surface area (Å²) in [4.78, 5) is 26.1. The van der Waals surface area contributed by atoms with Crippen LogP contribution in [0.4, 0.5) is 9.18 Å². The number of methoxy groups -OCH3 is 1. The minimum Gasteiger partial charge on any atom is -0.495 e. The van der Waals surface area contributed by atoms with Crippen LogP contribution >= 0.6 is 0 Å². The van der Waals surface area contributed by atoms with Crippen LogP contribution in [0.3, 0.4) is 0 Å². The molecule has 0 radical (unpaired) electrons. The number of nitrogens with one attached hydrogen (secondary N) is 2. The van der Waals surface area contributed by atoms with Crippen LogP contribution in [0.15, 0.2) is 12.3 Å². The van der Waals surface area contributed by atoms with Crippen molar-refractivity contribution in [1.29, 1.82) is 0 Å². The smallest absolute Gasteiger partial charge is 0.405 e. The Hall–Kier alpha value is -2.38. The van der Waals surface area contributed by atoms with Gasteiger partial charge < -0.3 is 20.5 Å². The summed E-state index contributed by atoms with van der Waals surface area (Å²) in [5.41, 5.74) is 0.0258. The molecule has 2 amide bonds. The molecule has 19 heavy (non-hydrogen) atoms. The van der Waals surface area contributed by atoms with Crippen LogP contribution in [-0.2, 0) is 4.79 Å². The summed E-state index contributed by atoms with van der Waals surface area (Å²) in [5.74, 6) is -1.57. The van der Waals surface area contributed by atoms with Crippen LogP contribution in [0.1, 0.15) is 11.6 Å². The van der Waals surface area contributed by atoms with Gasteiger partial charge in [0.05, 0.1) is 24.9 Å². The SMILES string of the molecule is COc1cnc([C@@H]2CNC(=O)[C@H]2NC(=O)O)c(F)c1. The van der Waals surface area contributed by atoms with Crippen molar-refractivity contribution in [2.45, 2.75) is 12.0 Å². The van der Waals surface area contributed by atoms with Crippen molar-refractivity contribution in [3.05, 3.63) is 23.8 Å². The number of carbonyl (C=O) groups is 2. The molecular weight excluding hydrogens is 257 g/mol. The number of rotatable bonds is 3. The van der Waals surface area contributed by atoms with Gasteiger partial charge in [-0.15, -0.1) is 0 Å². The molecule has 0 spiro atoms. The topological polar surface area (TPSA) is 101 Å². The molecule has 3 N–H and O–H groups in total. The van der Waals surface area contributed by atoms with Crippen molar-refractivity contribution in [3.63, 3.8) is 0 Å². The molecule has 0 saturated carbocycles. The molecule has 1 aliphatic rings. The second-order valence-corrected chi connectivity index (χ2v) is 4.02. The second-order valence-electron chi connectivity index (χ2n) is 4.02. The normalized spacial score (nSPS) is 21.9. The Morgan fingerprint density at radius 2 is 2.42 bits per heavy atom. The maximum Gasteiger partial charge on any atom is 0.405 e. The molecule has 0 bridgehead atoms. The van der Waals surface area contributed by atoms with Crippen molar-refractivity contribution in [2.24, 2.45) is 0 Å². The number of aromatic nitrogens is 1. The zero-order valence-corrected chi connectivity index (χ0v) is 10.0. The van der Waals surface area contributed by atoms with Crippen LogP contribution in [-0.4, -0.2) is 41.8 Å². The van der Waals surface area contributed by atoms with Crippen molar-refractivity contribution in [3.8, 4) is 5.75 Å². The van der Waals surface area contributed by atoms with Crippen molar-refractivity contribution >= 4 is 12.0 Å². The van der Waals surface area contributed by atoms with Crippen LogP contribution < -0.4 is 15.4 Å². The number of hydrogen-bond donors (Lipinski definition) is 3. The lowest BCUT2D eigenvalue weighted by Crippen LogP contribution is -2.42. The lowest BCUT2D eigenvalue weighted by Gasteiger charge is -2.16. The van der Waals surface area contributed by atoms with Gasteiger partial charge in [0.15, 0.2) is 0 Å². The number of pyridine rings is 1. The van der Waals surface area contributed by atoms with Gasteiger partial charge in [-0.25, -0.2) is 9.18 Å². The van der Waals surface area contributed by atoms with Crippen molar-refractivity contribution in [1.82, 2.24) is 15.6 Å². The van der Waals surface area contributed by atoms with E-state index in [0.717, 1.165) is 6.07 Å². The minimum atomic E-state index is -1.35. The van der Waals surface area contributed by atoms with E-state index in [-0.39, 0.29) is 18.0 Å². The molecule has 8 heteroatoms. The number of hydrogen-bond acceptors (Lipinski definition) is 4. The molecule has 102 valence electrons. The van der Waals surface area contributed by atoms with Gasteiger partial charge in [0.1, 0.15) is 17.6 Å². The number of carboxylic acid groups (broad SMARTS) is 1. The predicted octanol–water partition coefficient (Wildman–Crippen LogP) is 0.0789. The quantitative estimate of drug-likeness (QED) is 0.721. The van der Waals surface area contributed by atoms with Crippen LogP contribution in [0, 0.1) is 5.82 Å². The van der Waals surface area contributed by atoms with Crippen LogP contribution in [0.25, 0.3) is 0 Å². The molecule has 2 heterocycles. The summed E-state index contributed by atoms with van der Waals surface area (Å²) in [7, 11) is 1.38. The van der Waals surface area contributed by atoms with Gasteiger partial charge in [-0.05, 0) is 0 Å². The fourth-order valence-corrected chi connectivity index (χ4v) is 1.99. The molecule has 2 atom stereocenters. The molecule has 1 aliphatic heterocycles. The Balaban J connectivity index is 2.29. The molecule has 1 saturated heterocycles. The number of halogens is 1. The predicted molar refractivity (Wildman–Crippen MR) is 61.4 cm³/mol. The van der Waals surface area contributed by atoms with E-state index in [4.69, 9.17) is 9.84 Å². The Morgan fingerprint density at radius 1 is 1.68 bits per heavy atom. The number of amides is 2. The van der Waals surface area contributed by atoms with E-state index >= 15 is 0 Å². The zero-order valence-electron chi connectivity index (χ0n) is 10.0. The van der Waals surface area contributed by atoms with Gasteiger partial charge in [0.25, 0.3) is 0 Å². The molecule has 1 fully saturated rings. The largest absolute Gasteiger partial charge is 0.495 e. The van der Waals surface area contributed by atoms with Gasteiger partial charge in [0.2, 0.25) is 5.91 Å². The number of nitrogens with zero attached hydrogens (tertiary/aromatic N) is 1. The highest BCUT2D eigenvalue weighted by Crippen LogP contribution is 2.26. The molecule has 7 nitrogen and oxygen atoms in total. The average Bonchev–Trinajstić information content (AvgIpc) is 2.70. The van der Waals surface area contributed by atoms with E-state index in [9.17, 15) is 14.0 Å². The van der Waals surface area contributed by atoms with E-state index in [1.165, 1.54) is 13.3 Å². The first-order valence-electron chi connectivity index (χ1n) is 5.49. The standard InChI is InChI=1S/C11H12FN3O4/c1-19-5-2-7(12)8(13-3-5)6-4-14-10(16)9(6)15-11(17)18/h2-3,6,9,15H,4H2,1H3,(H,14,16)(H,17,18)/t6-,9-/m0/s1. The molecule has 1 aromatic heterocycles. The van der Waals surface area contributed by atoms with E-state index in [1.807, 2.05) is 0 Å². The first kappa shape index (κ1) is 13.1.